The highest BCUT2D eigenvalue weighted by atomic mass is 127. The van der Waals surface area contributed by atoms with Crippen LogP contribution < -0.4 is 11.1 Å². The molecule has 2 aromatic carbocycles. The van der Waals surface area contributed by atoms with Crippen LogP contribution in [0.25, 0.3) is 0 Å². The molecular formula is C14H14BrFIN3. The van der Waals surface area contributed by atoms with E-state index in [0.717, 1.165) is 11.3 Å². The fraction of sp³-hybridized carbons (Fsp3) is 0.0714. The van der Waals surface area contributed by atoms with Gasteiger partial charge < -0.3 is 11.1 Å². The number of nitrogens with two attached hydrogens (primary N) is 1. The highest BCUT2D eigenvalue weighted by Crippen LogP contribution is 2.15. The van der Waals surface area contributed by atoms with Crippen molar-refractivity contribution in [3.63, 3.8) is 0 Å². The Bertz CT molecular complexity index is 570. The van der Waals surface area contributed by atoms with Gasteiger partial charge in [0.15, 0.2) is 5.96 Å². The van der Waals surface area contributed by atoms with E-state index < -0.39 is 0 Å². The summed E-state index contributed by atoms with van der Waals surface area (Å²) < 4.78 is 13.9. The van der Waals surface area contributed by atoms with Crippen LogP contribution in [0.5, 0.6) is 0 Å². The molecule has 0 fully saturated rings. The Morgan fingerprint density at radius 3 is 2.55 bits per heavy atom. The van der Waals surface area contributed by atoms with Crippen molar-refractivity contribution in [2.75, 3.05) is 5.32 Å². The van der Waals surface area contributed by atoms with Gasteiger partial charge in [0.1, 0.15) is 5.82 Å². The van der Waals surface area contributed by atoms with Crippen LogP contribution >= 0.6 is 39.9 Å². The monoisotopic (exact) mass is 449 g/mol. The van der Waals surface area contributed by atoms with Crippen molar-refractivity contribution < 1.29 is 4.39 Å². The van der Waals surface area contributed by atoms with Gasteiger partial charge in [-0.2, -0.15) is 0 Å². The Labute approximate surface area is 142 Å². The van der Waals surface area contributed by atoms with Crippen molar-refractivity contribution in [3.05, 3.63) is 64.4 Å². The summed E-state index contributed by atoms with van der Waals surface area (Å²) in [5, 5.41) is 2.96. The van der Waals surface area contributed by atoms with Crippen molar-refractivity contribution in [2.45, 2.75) is 6.54 Å². The minimum Gasteiger partial charge on any atom is -0.370 e. The fourth-order valence-corrected chi connectivity index (χ4v) is 2.10. The Morgan fingerprint density at radius 2 is 1.90 bits per heavy atom. The van der Waals surface area contributed by atoms with Crippen molar-refractivity contribution >= 4 is 51.6 Å². The summed E-state index contributed by atoms with van der Waals surface area (Å²) in [7, 11) is 0. The maximum atomic E-state index is 13.2. The molecule has 20 heavy (non-hydrogen) atoms. The molecule has 0 unspecified atom stereocenters. The maximum absolute atomic E-state index is 13.2. The summed E-state index contributed by atoms with van der Waals surface area (Å²) in [5.74, 6) is 0.000693. The summed E-state index contributed by atoms with van der Waals surface area (Å²) in [6.07, 6.45) is 0. The molecule has 6 heteroatoms. The predicted octanol–water partition coefficient (Wildman–Crippen LogP) is 4.13. The summed E-state index contributed by atoms with van der Waals surface area (Å²) in [6.45, 7) is 0.321. The van der Waals surface area contributed by atoms with E-state index >= 15 is 0 Å². The molecule has 0 saturated carbocycles. The topological polar surface area (TPSA) is 50.4 Å². The maximum Gasteiger partial charge on any atom is 0.193 e. The van der Waals surface area contributed by atoms with E-state index in [0.29, 0.717) is 17.0 Å². The highest BCUT2D eigenvalue weighted by Gasteiger charge is 1.99. The summed E-state index contributed by atoms with van der Waals surface area (Å²) in [4.78, 5) is 4.17. The van der Waals surface area contributed by atoms with E-state index in [4.69, 9.17) is 5.73 Å². The van der Waals surface area contributed by atoms with Gasteiger partial charge in [0, 0.05) is 10.2 Å². The predicted molar refractivity (Wildman–Crippen MR) is 94.9 cm³/mol. The first-order valence-corrected chi connectivity index (χ1v) is 6.50. The third-order valence-corrected chi connectivity index (χ3v) is 2.86. The number of nitrogens with one attached hydrogen (secondary N) is 1. The number of halogens is 3. The normalized spacial score (nSPS) is 10.8. The van der Waals surface area contributed by atoms with Crippen LogP contribution in [0.1, 0.15) is 5.56 Å². The highest BCUT2D eigenvalue weighted by molar-refractivity contribution is 14.0. The molecule has 0 aliphatic rings. The molecule has 3 N–H and O–H groups in total. The molecule has 0 bridgehead atoms. The molecule has 0 aliphatic heterocycles. The zero-order valence-corrected chi connectivity index (χ0v) is 14.4. The van der Waals surface area contributed by atoms with Crippen molar-refractivity contribution in [3.8, 4) is 0 Å². The van der Waals surface area contributed by atoms with Crippen LogP contribution in [0.2, 0.25) is 0 Å². The Balaban J connectivity index is 0.00000200. The second-order valence-electron chi connectivity index (χ2n) is 3.97. The number of guanidine groups is 1. The molecule has 2 rings (SSSR count). The van der Waals surface area contributed by atoms with Gasteiger partial charge in [0.25, 0.3) is 0 Å². The standard InChI is InChI=1S/C14H13BrFN3.HI/c15-11-6-10(7-12(16)8-11)9-18-14(17)19-13-4-2-1-3-5-13;/h1-8H,9H2,(H3,17,18,19);1H. The number of hydrogen-bond donors (Lipinski definition) is 2. The van der Waals surface area contributed by atoms with Gasteiger partial charge in [-0.15, -0.1) is 24.0 Å². The molecule has 0 radical (unpaired) electrons. The smallest absolute Gasteiger partial charge is 0.193 e. The first-order chi connectivity index (χ1) is 9.13. The molecule has 0 amide bonds. The van der Waals surface area contributed by atoms with Gasteiger partial charge in [-0.1, -0.05) is 34.1 Å². The third kappa shape index (κ3) is 5.46. The number of rotatable bonds is 3. The van der Waals surface area contributed by atoms with Crippen molar-refractivity contribution in [1.82, 2.24) is 0 Å². The zero-order chi connectivity index (χ0) is 13.7. The van der Waals surface area contributed by atoms with Crippen LogP contribution in [0, 0.1) is 5.82 Å². The number of benzene rings is 2. The molecule has 106 valence electrons. The lowest BCUT2D eigenvalue weighted by molar-refractivity contribution is 0.624. The Hall–Kier alpha value is -1.15. The van der Waals surface area contributed by atoms with Gasteiger partial charge in [-0.05, 0) is 35.9 Å². The molecule has 3 nitrogen and oxygen atoms in total. The van der Waals surface area contributed by atoms with Crippen molar-refractivity contribution in [2.24, 2.45) is 10.7 Å². The third-order valence-electron chi connectivity index (χ3n) is 2.40. The number of anilines is 1. The van der Waals surface area contributed by atoms with Crippen LogP contribution in [-0.2, 0) is 6.54 Å². The van der Waals surface area contributed by atoms with Gasteiger partial charge in [0.2, 0.25) is 0 Å². The second kappa shape index (κ2) is 8.21. The molecule has 0 saturated heterocycles. The second-order valence-corrected chi connectivity index (χ2v) is 4.89. The lowest BCUT2D eigenvalue weighted by Gasteiger charge is -2.05. The molecular weight excluding hydrogens is 436 g/mol. The van der Waals surface area contributed by atoms with Crippen molar-refractivity contribution in [1.29, 1.82) is 0 Å². The summed E-state index contributed by atoms with van der Waals surface area (Å²) >= 11 is 3.24. The average Bonchev–Trinajstić information content (AvgIpc) is 2.36. The quantitative estimate of drug-likeness (QED) is 0.420. The molecule has 0 atom stereocenters. The SMILES string of the molecule is I.NC(=NCc1cc(F)cc(Br)c1)Nc1ccccc1. The van der Waals surface area contributed by atoms with Gasteiger partial charge >= 0.3 is 0 Å². The number of hydrogen-bond acceptors (Lipinski definition) is 1. The van der Waals surface area contributed by atoms with E-state index in [-0.39, 0.29) is 29.8 Å². The molecule has 2 aromatic rings. The number of nitrogens with zero attached hydrogens (tertiary/aromatic N) is 1. The van der Waals surface area contributed by atoms with Gasteiger partial charge in [-0.25, -0.2) is 9.38 Å². The van der Waals surface area contributed by atoms with Crippen LogP contribution in [-0.4, -0.2) is 5.96 Å². The number of para-hydroxylation sites is 1. The average molecular weight is 450 g/mol. The lowest BCUT2D eigenvalue weighted by atomic mass is 10.2. The fourth-order valence-electron chi connectivity index (χ4n) is 1.59. The summed E-state index contributed by atoms with van der Waals surface area (Å²) in [6, 6.07) is 14.1. The minimum absolute atomic E-state index is 0. The van der Waals surface area contributed by atoms with E-state index in [1.807, 2.05) is 36.4 Å². The van der Waals surface area contributed by atoms with E-state index in [2.05, 4.69) is 26.2 Å². The summed E-state index contributed by atoms with van der Waals surface area (Å²) in [5.41, 5.74) is 7.38. The van der Waals surface area contributed by atoms with E-state index in [1.165, 1.54) is 12.1 Å². The Kier molecular flexibility index (Phi) is 6.94. The minimum atomic E-state index is -0.297. The van der Waals surface area contributed by atoms with E-state index in [1.54, 1.807) is 0 Å². The lowest BCUT2D eigenvalue weighted by Crippen LogP contribution is -2.22. The molecule has 0 heterocycles. The number of aliphatic imine (C=N–C) groups is 1. The van der Waals surface area contributed by atoms with E-state index in [9.17, 15) is 4.39 Å². The van der Waals surface area contributed by atoms with Crippen LogP contribution in [0.4, 0.5) is 10.1 Å². The van der Waals surface area contributed by atoms with Gasteiger partial charge in [0.05, 0.1) is 6.54 Å². The van der Waals surface area contributed by atoms with Crippen LogP contribution in [0.15, 0.2) is 58.0 Å². The van der Waals surface area contributed by atoms with Crippen LogP contribution in [0.3, 0.4) is 0 Å². The zero-order valence-electron chi connectivity index (χ0n) is 10.5. The largest absolute Gasteiger partial charge is 0.370 e. The molecule has 0 aliphatic carbocycles. The van der Waals surface area contributed by atoms with Gasteiger partial charge in [-0.3, -0.25) is 0 Å². The molecule has 0 aromatic heterocycles. The molecule has 0 spiro atoms. The Morgan fingerprint density at radius 1 is 1.20 bits per heavy atom. The first-order valence-electron chi connectivity index (χ1n) is 5.70. The first kappa shape index (κ1) is 16.9.